The van der Waals surface area contributed by atoms with E-state index in [1.54, 1.807) is 6.20 Å². The highest BCUT2D eigenvalue weighted by molar-refractivity contribution is 5.23. The minimum Gasteiger partial charge on any atom is -0.477 e. The van der Waals surface area contributed by atoms with Crippen molar-refractivity contribution in [3.63, 3.8) is 0 Å². The van der Waals surface area contributed by atoms with Gasteiger partial charge in [0, 0.05) is 36.2 Å². The zero-order valence-corrected chi connectivity index (χ0v) is 15.7. The highest BCUT2D eigenvalue weighted by atomic mass is 16.5. The van der Waals surface area contributed by atoms with E-state index in [1.165, 1.54) is 32.4 Å². The van der Waals surface area contributed by atoms with Gasteiger partial charge in [0.05, 0.1) is 18.8 Å². The molecule has 4 heteroatoms. The van der Waals surface area contributed by atoms with Crippen molar-refractivity contribution in [2.24, 2.45) is 11.3 Å². The number of likely N-dealkylation sites (tertiary alicyclic amines) is 1. The molecule has 24 heavy (non-hydrogen) atoms. The normalized spacial score (nSPS) is 23.4. The molecule has 1 aromatic rings. The SMILES string of the molecule is Cc1cccnc1OC[C@@H]1CCN(CC2(COC(C)(C)C)CC2)C1. The molecule has 1 saturated heterocycles. The predicted molar refractivity (Wildman–Crippen MR) is 96.4 cm³/mol. The van der Waals surface area contributed by atoms with E-state index in [0.717, 1.165) is 31.2 Å². The summed E-state index contributed by atoms with van der Waals surface area (Å²) in [6.45, 7) is 13.7. The molecule has 0 unspecified atom stereocenters. The van der Waals surface area contributed by atoms with Crippen molar-refractivity contribution in [2.75, 3.05) is 32.8 Å². The molecule has 0 bridgehead atoms. The zero-order valence-electron chi connectivity index (χ0n) is 15.7. The number of pyridine rings is 1. The fourth-order valence-corrected chi connectivity index (χ4v) is 3.38. The average molecular weight is 332 g/mol. The molecule has 1 aliphatic carbocycles. The van der Waals surface area contributed by atoms with Gasteiger partial charge in [-0.05, 0) is 59.6 Å². The third-order valence-electron chi connectivity index (χ3n) is 5.11. The van der Waals surface area contributed by atoms with E-state index in [4.69, 9.17) is 9.47 Å². The first-order valence-electron chi connectivity index (χ1n) is 9.26. The topological polar surface area (TPSA) is 34.6 Å². The molecule has 0 spiro atoms. The van der Waals surface area contributed by atoms with Crippen molar-refractivity contribution < 1.29 is 9.47 Å². The number of nitrogens with zero attached hydrogens (tertiary/aromatic N) is 2. The molecule has 134 valence electrons. The van der Waals surface area contributed by atoms with E-state index < -0.39 is 0 Å². The molecule has 4 nitrogen and oxygen atoms in total. The molecule has 2 fully saturated rings. The second-order valence-electron chi connectivity index (χ2n) is 8.73. The molecule has 3 rings (SSSR count). The lowest BCUT2D eigenvalue weighted by Gasteiger charge is -2.27. The summed E-state index contributed by atoms with van der Waals surface area (Å²) in [6, 6.07) is 4.00. The van der Waals surface area contributed by atoms with Gasteiger partial charge in [-0.15, -0.1) is 0 Å². The highest BCUT2D eigenvalue weighted by Crippen LogP contribution is 2.47. The Morgan fingerprint density at radius 3 is 2.79 bits per heavy atom. The third-order valence-corrected chi connectivity index (χ3v) is 5.11. The Morgan fingerprint density at radius 1 is 1.33 bits per heavy atom. The van der Waals surface area contributed by atoms with Crippen LogP contribution in [0.25, 0.3) is 0 Å². The molecule has 1 atom stereocenters. The van der Waals surface area contributed by atoms with Gasteiger partial charge in [-0.3, -0.25) is 0 Å². The van der Waals surface area contributed by atoms with E-state index in [1.807, 2.05) is 6.07 Å². The van der Waals surface area contributed by atoms with Crippen LogP contribution < -0.4 is 4.74 Å². The lowest BCUT2D eigenvalue weighted by Crippen LogP contribution is -2.34. The molecule has 2 heterocycles. The summed E-state index contributed by atoms with van der Waals surface area (Å²) in [5, 5.41) is 0. The van der Waals surface area contributed by atoms with Crippen molar-refractivity contribution in [1.29, 1.82) is 0 Å². The number of hydrogen-bond donors (Lipinski definition) is 0. The molecule has 0 aromatic carbocycles. The summed E-state index contributed by atoms with van der Waals surface area (Å²) in [7, 11) is 0. The first-order chi connectivity index (χ1) is 11.4. The van der Waals surface area contributed by atoms with Crippen LogP contribution in [0.15, 0.2) is 18.3 Å². The third kappa shape index (κ3) is 4.93. The molecule has 0 radical (unpaired) electrons. The van der Waals surface area contributed by atoms with Crippen LogP contribution in [-0.4, -0.2) is 48.3 Å². The number of aromatic nitrogens is 1. The predicted octanol–water partition coefficient (Wildman–Crippen LogP) is 3.69. The van der Waals surface area contributed by atoms with Gasteiger partial charge < -0.3 is 14.4 Å². The molecular formula is C20H32N2O2. The highest BCUT2D eigenvalue weighted by Gasteiger charge is 2.45. The molecule has 1 aromatic heterocycles. The maximum absolute atomic E-state index is 6.05. The second-order valence-corrected chi connectivity index (χ2v) is 8.73. The minimum atomic E-state index is -0.0302. The summed E-state index contributed by atoms with van der Waals surface area (Å²) < 4.78 is 12.0. The first kappa shape index (κ1) is 17.7. The molecule has 1 aliphatic heterocycles. The molecule has 0 amide bonds. The fourth-order valence-electron chi connectivity index (χ4n) is 3.38. The number of aryl methyl sites for hydroxylation is 1. The van der Waals surface area contributed by atoms with Crippen LogP contribution in [0.2, 0.25) is 0 Å². The van der Waals surface area contributed by atoms with Gasteiger partial charge in [0.15, 0.2) is 0 Å². The van der Waals surface area contributed by atoms with Gasteiger partial charge in [0.2, 0.25) is 5.88 Å². The Morgan fingerprint density at radius 2 is 2.12 bits per heavy atom. The van der Waals surface area contributed by atoms with Crippen molar-refractivity contribution in [1.82, 2.24) is 9.88 Å². The standard InChI is InChI=1S/C20H32N2O2/c1-16-6-5-10-21-18(16)23-13-17-7-11-22(12-17)14-20(8-9-20)15-24-19(2,3)4/h5-6,10,17H,7-9,11-15H2,1-4H3/t17-/m1/s1. The van der Waals surface area contributed by atoms with Gasteiger partial charge in [0.25, 0.3) is 0 Å². The lowest BCUT2D eigenvalue weighted by atomic mass is 10.1. The summed E-state index contributed by atoms with van der Waals surface area (Å²) in [6.07, 6.45) is 5.65. The summed E-state index contributed by atoms with van der Waals surface area (Å²) in [5.41, 5.74) is 1.50. The van der Waals surface area contributed by atoms with Crippen LogP contribution in [0.3, 0.4) is 0 Å². The van der Waals surface area contributed by atoms with Gasteiger partial charge in [-0.25, -0.2) is 4.98 Å². The smallest absolute Gasteiger partial charge is 0.216 e. The van der Waals surface area contributed by atoms with Gasteiger partial charge in [0.1, 0.15) is 0 Å². The van der Waals surface area contributed by atoms with E-state index >= 15 is 0 Å². The van der Waals surface area contributed by atoms with Crippen molar-refractivity contribution in [3.8, 4) is 5.88 Å². The Labute approximate surface area is 146 Å². The van der Waals surface area contributed by atoms with Crippen LogP contribution in [0.4, 0.5) is 0 Å². The Kier molecular flexibility index (Phi) is 5.16. The van der Waals surface area contributed by atoms with E-state index in [2.05, 4.69) is 43.6 Å². The minimum absolute atomic E-state index is 0.0302. The van der Waals surface area contributed by atoms with Gasteiger partial charge in [-0.1, -0.05) is 6.07 Å². The lowest BCUT2D eigenvalue weighted by molar-refractivity contribution is -0.0331. The molecule has 2 aliphatic rings. The Balaban J connectivity index is 1.42. The van der Waals surface area contributed by atoms with E-state index in [9.17, 15) is 0 Å². The molecular weight excluding hydrogens is 300 g/mol. The first-order valence-corrected chi connectivity index (χ1v) is 9.26. The monoisotopic (exact) mass is 332 g/mol. The quantitative estimate of drug-likeness (QED) is 0.763. The van der Waals surface area contributed by atoms with Crippen LogP contribution >= 0.6 is 0 Å². The Hall–Kier alpha value is -1.13. The molecule has 1 saturated carbocycles. The largest absolute Gasteiger partial charge is 0.477 e. The Bertz CT molecular complexity index is 549. The van der Waals surface area contributed by atoms with Crippen LogP contribution in [0.1, 0.15) is 45.6 Å². The van der Waals surface area contributed by atoms with Crippen LogP contribution in [0, 0.1) is 18.3 Å². The second kappa shape index (κ2) is 7.01. The van der Waals surface area contributed by atoms with Crippen molar-refractivity contribution >= 4 is 0 Å². The summed E-state index contributed by atoms with van der Waals surface area (Å²) >= 11 is 0. The summed E-state index contributed by atoms with van der Waals surface area (Å²) in [4.78, 5) is 6.93. The number of hydrogen-bond acceptors (Lipinski definition) is 4. The number of ether oxygens (including phenoxy) is 2. The number of rotatable bonds is 7. The maximum Gasteiger partial charge on any atom is 0.216 e. The summed E-state index contributed by atoms with van der Waals surface area (Å²) in [5.74, 6) is 1.40. The maximum atomic E-state index is 6.05. The van der Waals surface area contributed by atoms with Gasteiger partial charge in [-0.2, -0.15) is 0 Å². The zero-order chi connectivity index (χ0) is 17.2. The van der Waals surface area contributed by atoms with E-state index in [0.29, 0.717) is 11.3 Å². The van der Waals surface area contributed by atoms with Crippen molar-refractivity contribution in [3.05, 3.63) is 23.9 Å². The average Bonchev–Trinajstić information content (AvgIpc) is 3.14. The molecule has 0 N–H and O–H groups in total. The van der Waals surface area contributed by atoms with E-state index in [-0.39, 0.29) is 5.60 Å². The fraction of sp³-hybridized carbons (Fsp3) is 0.750. The van der Waals surface area contributed by atoms with Crippen LogP contribution in [0.5, 0.6) is 5.88 Å². The van der Waals surface area contributed by atoms with Gasteiger partial charge >= 0.3 is 0 Å². The van der Waals surface area contributed by atoms with Crippen molar-refractivity contribution in [2.45, 2.75) is 52.6 Å². The van der Waals surface area contributed by atoms with Crippen LogP contribution in [-0.2, 0) is 4.74 Å².